The maximum atomic E-state index is 15.2. The van der Waals surface area contributed by atoms with E-state index in [0.29, 0.717) is 34.1 Å². The van der Waals surface area contributed by atoms with Crippen LogP contribution in [-0.2, 0) is 6.54 Å². The van der Waals surface area contributed by atoms with Gasteiger partial charge in [-0.25, -0.2) is 8.78 Å². The molecule has 1 atom stereocenters. The Bertz CT molecular complexity index is 1060. The predicted octanol–water partition coefficient (Wildman–Crippen LogP) is 3.80. The number of carbonyl (C=O) groups excluding carboxylic acids is 1. The summed E-state index contributed by atoms with van der Waals surface area (Å²) in [5.74, 6) is -1.28. The molecule has 0 fully saturated rings. The second-order valence-electron chi connectivity index (χ2n) is 6.75. The quantitative estimate of drug-likeness (QED) is 0.654. The van der Waals surface area contributed by atoms with Gasteiger partial charge in [-0.05, 0) is 42.2 Å². The average molecular weight is 355 g/mol. The third kappa shape index (κ3) is 2.33. The molecule has 2 heterocycles. The molecule has 1 unspecified atom stereocenters. The molecule has 134 valence electrons. The normalized spacial score (nSPS) is 16.7. The summed E-state index contributed by atoms with van der Waals surface area (Å²) in [6.45, 7) is 4.44. The summed E-state index contributed by atoms with van der Waals surface area (Å²) >= 11 is 0. The fourth-order valence-electron chi connectivity index (χ4n) is 3.87. The predicted molar refractivity (Wildman–Crippen MR) is 97.2 cm³/mol. The van der Waals surface area contributed by atoms with E-state index in [9.17, 15) is 9.18 Å². The number of fused-ring (bicyclic) bond motifs is 2. The highest BCUT2D eigenvalue weighted by molar-refractivity contribution is 6.11. The van der Waals surface area contributed by atoms with E-state index in [1.807, 2.05) is 19.9 Å². The van der Waals surface area contributed by atoms with E-state index in [1.54, 1.807) is 12.1 Å². The first-order valence-electron chi connectivity index (χ1n) is 8.48. The standard InChI is InChI=1S/C20H19F2N3O/c1-9-10(2)25-19-13(20(23)26)6-14(21)18(16(9)19)12-5-3-4-11-7-24-8-15(22)17(11)12/h3-6,15,24-25H,7-8H2,1-2H3,(H2,23,26). The Labute approximate surface area is 149 Å². The zero-order valence-electron chi connectivity index (χ0n) is 14.5. The van der Waals surface area contributed by atoms with Gasteiger partial charge in [0.2, 0.25) is 0 Å². The van der Waals surface area contributed by atoms with Crippen molar-refractivity contribution in [3.8, 4) is 11.1 Å². The fourth-order valence-corrected chi connectivity index (χ4v) is 3.87. The van der Waals surface area contributed by atoms with E-state index in [0.717, 1.165) is 22.9 Å². The van der Waals surface area contributed by atoms with E-state index >= 15 is 4.39 Å². The van der Waals surface area contributed by atoms with Crippen LogP contribution in [0.4, 0.5) is 8.78 Å². The molecule has 1 aliphatic heterocycles. The van der Waals surface area contributed by atoms with Gasteiger partial charge in [0.05, 0.1) is 11.1 Å². The number of hydrogen-bond donors (Lipinski definition) is 3. The van der Waals surface area contributed by atoms with Crippen molar-refractivity contribution < 1.29 is 13.6 Å². The second-order valence-corrected chi connectivity index (χ2v) is 6.75. The highest BCUT2D eigenvalue weighted by Crippen LogP contribution is 2.42. The summed E-state index contributed by atoms with van der Waals surface area (Å²) in [4.78, 5) is 14.9. The van der Waals surface area contributed by atoms with Crippen molar-refractivity contribution in [1.29, 1.82) is 0 Å². The summed E-state index contributed by atoms with van der Waals surface area (Å²) in [5, 5.41) is 3.60. The number of nitrogens with two attached hydrogens (primary N) is 1. The zero-order chi connectivity index (χ0) is 18.6. The van der Waals surface area contributed by atoms with Gasteiger partial charge in [0, 0.05) is 29.7 Å². The number of primary amides is 1. The van der Waals surface area contributed by atoms with Gasteiger partial charge in [-0.3, -0.25) is 4.79 Å². The van der Waals surface area contributed by atoms with Gasteiger partial charge >= 0.3 is 0 Å². The second kappa shape index (κ2) is 5.92. The Balaban J connectivity index is 2.13. The Hall–Kier alpha value is -2.73. The highest BCUT2D eigenvalue weighted by Gasteiger charge is 2.27. The lowest BCUT2D eigenvalue weighted by molar-refractivity contribution is 0.100. The van der Waals surface area contributed by atoms with Crippen LogP contribution >= 0.6 is 0 Å². The lowest BCUT2D eigenvalue weighted by Gasteiger charge is -2.24. The van der Waals surface area contributed by atoms with Crippen LogP contribution in [0.1, 0.15) is 38.9 Å². The number of rotatable bonds is 2. The van der Waals surface area contributed by atoms with E-state index in [2.05, 4.69) is 10.3 Å². The third-order valence-corrected chi connectivity index (χ3v) is 5.21. The van der Waals surface area contributed by atoms with Gasteiger partial charge in [-0.2, -0.15) is 0 Å². The number of aromatic nitrogens is 1. The van der Waals surface area contributed by atoms with Gasteiger partial charge in [0.15, 0.2) is 0 Å². The first-order chi connectivity index (χ1) is 12.4. The molecular weight excluding hydrogens is 336 g/mol. The Morgan fingerprint density at radius 1 is 1.31 bits per heavy atom. The van der Waals surface area contributed by atoms with E-state index in [4.69, 9.17) is 5.73 Å². The number of amides is 1. The van der Waals surface area contributed by atoms with Gasteiger partial charge in [-0.1, -0.05) is 18.2 Å². The number of halogens is 2. The molecule has 0 bridgehead atoms. The molecule has 4 nitrogen and oxygen atoms in total. The maximum absolute atomic E-state index is 15.2. The number of aromatic amines is 1. The number of nitrogens with one attached hydrogen (secondary N) is 2. The molecule has 1 aliphatic rings. The average Bonchev–Trinajstić information content (AvgIpc) is 2.89. The number of H-pyrrole nitrogens is 1. The molecule has 3 aromatic rings. The molecular formula is C20H19F2N3O. The van der Waals surface area contributed by atoms with Crippen molar-refractivity contribution in [3.63, 3.8) is 0 Å². The van der Waals surface area contributed by atoms with Crippen molar-refractivity contribution in [2.24, 2.45) is 5.73 Å². The van der Waals surface area contributed by atoms with Crippen LogP contribution < -0.4 is 11.1 Å². The largest absolute Gasteiger partial charge is 0.366 e. The summed E-state index contributed by atoms with van der Waals surface area (Å²) in [5.41, 5.74) is 9.83. The van der Waals surface area contributed by atoms with E-state index in [-0.39, 0.29) is 12.1 Å². The summed E-state index contributed by atoms with van der Waals surface area (Å²) in [7, 11) is 0. The summed E-state index contributed by atoms with van der Waals surface area (Å²) in [6.07, 6.45) is -1.22. The van der Waals surface area contributed by atoms with Crippen LogP contribution in [0.3, 0.4) is 0 Å². The van der Waals surface area contributed by atoms with Crippen molar-refractivity contribution >= 4 is 16.8 Å². The minimum Gasteiger partial charge on any atom is -0.366 e. The van der Waals surface area contributed by atoms with Crippen molar-refractivity contribution in [3.05, 3.63) is 58.0 Å². The fraction of sp³-hybridized carbons (Fsp3) is 0.250. The molecule has 0 spiro atoms. The van der Waals surface area contributed by atoms with Crippen LogP contribution in [0.5, 0.6) is 0 Å². The minimum atomic E-state index is -1.22. The van der Waals surface area contributed by atoms with Gasteiger partial charge in [0.1, 0.15) is 12.0 Å². The topological polar surface area (TPSA) is 70.9 Å². The number of carbonyl (C=O) groups is 1. The number of alkyl halides is 1. The SMILES string of the molecule is Cc1[nH]c2c(C(N)=O)cc(F)c(-c3cccc4c3C(F)CNC4)c2c1C. The van der Waals surface area contributed by atoms with Gasteiger partial charge < -0.3 is 16.0 Å². The Morgan fingerprint density at radius 2 is 2.08 bits per heavy atom. The molecule has 26 heavy (non-hydrogen) atoms. The first-order valence-corrected chi connectivity index (χ1v) is 8.48. The van der Waals surface area contributed by atoms with E-state index in [1.165, 1.54) is 0 Å². The van der Waals surface area contributed by atoms with Gasteiger partial charge in [0.25, 0.3) is 5.91 Å². The molecule has 0 aliphatic carbocycles. The summed E-state index contributed by atoms with van der Waals surface area (Å²) < 4.78 is 29.9. The van der Waals surface area contributed by atoms with Crippen LogP contribution in [0.2, 0.25) is 0 Å². The zero-order valence-corrected chi connectivity index (χ0v) is 14.5. The Kier molecular flexibility index (Phi) is 3.80. The molecule has 0 radical (unpaired) electrons. The molecule has 4 rings (SSSR count). The first kappa shape index (κ1) is 16.7. The molecule has 4 N–H and O–H groups in total. The molecule has 1 aromatic heterocycles. The van der Waals surface area contributed by atoms with Crippen LogP contribution in [0.15, 0.2) is 24.3 Å². The summed E-state index contributed by atoms with van der Waals surface area (Å²) in [6, 6.07) is 6.53. The number of benzene rings is 2. The number of aryl methyl sites for hydroxylation is 2. The minimum absolute atomic E-state index is 0.0979. The highest BCUT2D eigenvalue weighted by atomic mass is 19.1. The van der Waals surface area contributed by atoms with E-state index < -0.39 is 17.9 Å². The van der Waals surface area contributed by atoms with Crippen LogP contribution in [-0.4, -0.2) is 17.4 Å². The van der Waals surface area contributed by atoms with Crippen LogP contribution in [0, 0.1) is 19.7 Å². The molecule has 2 aromatic carbocycles. The molecule has 1 amide bonds. The van der Waals surface area contributed by atoms with Crippen molar-refractivity contribution in [2.45, 2.75) is 26.6 Å². The maximum Gasteiger partial charge on any atom is 0.250 e. The Morgan fingerprint density at radius 3 is 2.81 bits per heavy atom. The third-order valence-electron chi connectivity index (χ3n) is 5.21. The lowest BCUT2D eigenvalue weighted by Crippen LogP contribution is -2.26. The molecule has 0 saturated heterocycles. The lowest BCUT2D eigenvalue weighted by atomic mass is 9.87. The van der Waals surface area contributed by atoms with Crippen LogP contribution in [0.25, 0.3) is 22.0 Å². The monoisotopic (exact) mass is 355 g/mol. The van der Waals surface area contributed by atoms with Gasteiger partial charge in [-0.15, -0.1) is 0 Å². The molecule has 6 heteroatoms. The van der Waals surface area contributed by atoms with Crippen molar-refractivity contribution in [2.75, 3.05) is 6.54 Å². The number of hydrogen-bond acceptors (Lipinski definition) is 2. The smallest absolute Gasteiger partial charge is 0.250 e. The van der Waals surface area contributed by atoms with Crippen molar-refractivity contribution in [1.82, 2.24) is 10.3 Å². The molecule has 0 saturated carbocycles.